The molecule has 4 fully saturated rings. The number of aliphatic hydroxyl groups excluding tert-OH is 1. The third-order valence-corrected chi connectivity index (χ3v) is 11.1. The van der Waals surface area contributed by atoms with E-state index in [4.69, 9.17) is 9.47 Å². The average molecular weight is 518 g/mol. The summed E-state index contributed by atoms with van der Waals surface area (Å²) in [5.74, 6) is 3.71. The fraction of sp³-hybridized carbons (Fsp3) is 0.455. The lowest BCUT2D eigenvalue weighted by molar-refractivity contribution is -0.266. The van der Waals surface area contributed by atoms with Gasteiger partial charge in [-0.15, -0.1) is 0 Å². The number of ether oxygens (including phenoxy) is 2. The minimum absolute atomic E-state index is 0.140. The first-order chi connectivity index (χ1) is 17.8. The molecule has 0 radical (unpaired) electrons. The van der Waals surface area contributed by atoms with Gasteiger partial charge in [-0.05, 0) is 112 Å². The summed E-state index contributed by atoms with van der Waals surface area (Å²) in [7, 11) is -0.301. The van der Waals surface area contributed by atoms with Crippen molar-refractivity contribution in [1.29, 1.82) is 0 Å². The molecule has 1 N–H and O–H groups in total. The van der Waals surface area contributed by atoms with Gasteiger partial charge in [-0.25, -0.2) is 0 Å². The number of hydrogen-bond donors (Lipinski definition) is 1. The Bertz CT molecular complexity index is 1120. The highest BCUT2D eigenvalue weighted by atomic mass is 32.2. The molecule has 0 spiro atoms. The van der Waals surface area contributed by atoms with Crippen LogP contribution < -0.4 is 4.74 Å². The van der Waals surface area contributed by atoms with Crippen LogP contribution in [-0.2, 0) is 15.6 Å². The number of aryl methyl sites for hydroxylation is 2. The van der Waals surface area contributed by atoms with Crippen molar-refractivity contribution < 1.29 is 14.6 Å². The second-order valence-electron chi connectivity index (χ2n) is 11.4. The summed E-state index contributed by atoms with van der Waals surface area (Å²) < 4.78 is 12.6. The van der Waals surface area contributed by atoms with E-state index in [2.05, 4.69) is 70.3 Å². The van der Waals surface area contributed by atoms with Gasteiger partial charge in [0, 0.05) is 12.1 Å². The Kier molecular flexibility index (Phi) is 7.72. The molecule has 6 rings (SSSR count). The Labute approximate surface area is 225 Å². The molecule has 37 heavy (non-hydrogen) atoms. The molecule has 4 aliphatic rings. The van der Waals surface area contributed by atoms with Gasteiger partial charge < -0.3 is 14.6 Å². The van der Waals surface area contributed by atoms with Gasteiger partial charge in [0.05, 0.1) is 16.5 Å². The molecule has 4 saturated carbocycles. The molecule has 2 aromatic carbocycles. The van der Waals surface area contributed by atoms with Gasteiger partial charge in [-0.1, -0.05) is 37.4 Å². The lowest BCUT2D eigenvalue weighted by atomic mass is 9.50. The molecule has 4 aliphatic carbocycles. The summed E-state index contributed by atoms with van der Waals surface area (Å²) in [6.45, 7) is 14.5. The fourth-order valence-corrected chi connectivity index (χ4v) is 9.58. The first-order valence-electron chi connectivity index (χ1n) is 13.7. The maximum atomic E-state index is 10.9. The molecule has 4 heteroatoms. The van der Waals surface area contributed by atoms with Gasteiger partial charge in [0.15, 0.2) is 21.0 Å². The van der Waals surface area contributed by atoms with Crippen LogP contribution in [0.2, 0.25) is 0 Å². The Morgan fingerprint density at radius 2 is 1.59 bits per heavy atom. The van der Waals surface area contributed by atoms with Crippen LogP contribution >= 0.6 is 0 Å². The molecule has 0 saturated heterocycles. The normalized spacial score (nSPS) is 30.1. The zero-order valence-electron chi connectivity index (χ0n) is 22.5. The molecule has 2 aromatic rings. The van der Waals surface area contributed by atoms with Crippen LogP contribution in [0.1, 0.15) is 50.2 Å². The van der Waals surface area contributed by atoms with E-state index in [1.165, 1.54) is 41.9 Å². The van der Waals surface area contributed by atoms with Crippen molar-refractivity contribution in [3.8, 4) is 5.75 Å². The van der Waals surface area contributed by atoms with Crippen LogP contribution in [0.25, 0.3) is 0 Å². The zero-order chi connectivity index (χ0) is 26.2. The number of allylic oxidation sites excluding steroid dienone is 3. The van der Waals surface area contributed by atoms with Crippen molar-refractivity contribution in [1.82, 2.24) is 0 Å². The highest BCUT2D eigenvalue weighted by Gasteiger charge is 2.56. The average Bonchev–Trinajstić information content (AvgIpc) is 2.87. The van der Waals surface area contributed by atoms with E-state index in [-0.39, 0.29) is 23.1 Å². The second kappa shape index (κ2) is 10.8. The predicted molar refractivity (Wildman–Crippen MR) is 153 cm³/mol. The quantitative estimate of drug-likeness (QED) is 0.201. The van der Waals surface area contributed by atoms with Crippen molar-refractivity contribution in [2.75, 3.05) is 6.61 Å². The van der Waals surface area contributed by atoms with Crippen LogP contribution in [-0.4, -0.2) is 23.6 Å². The van der Waals surface area contributed by atoms with Crippen LogP contribution in [0.5, 0.6) is 5.75 Å². The van der Waals surface area contributed by atoms with E-state index in [0.717, 1.165) is 33.6 Å². The summed E-state index contributed by atoms with van der Waals surface area (Å²) in [6, 6.07) is 14.9. The molecular formula is C33H41O3S+. The van der Waals surface area contributed by atoms with E-state index in [0.29, 0.717) is 11.8 Å². The molecule has 0 aliphatic heterocycles. The first kappa shape index (κ1) is 26.3. The number of rotatable bonds is 10. The first-order valence-corrected chi connectivity index (χ1v) is 14.9. The lowest BCUT2D eigenvalue weighted by Crippen LogP contribution is -2.58. The lowest BCUT2D eigenvalue weighted by Gasteiger charge is -2.59. The Balaban J connectivity index is 1.32. The van der Waals surface area contributed by atoms with E-state index in [1.54, 1.807) is 0 Å². The smallest absolute Gasteiger partial charge is 0.189 e. The molecular weight excluding hydrogens is 476 g/mol. The summed E-state index contributed by atoms with van der Waals surface area (Å²) in [5.41, 5.74) is 1.88. The van der Waals surface area contributed by atoms with E-state index in [9.17, 15) is 5.11 Å². The maximum Gasteiger partial charge on any atom is 0.189 e. The Morgan fingerprint density at radius 1 is 1.00 bits per heavy atom. The summed E-state index contributed by atoms with van der Waals surface area (Å²) in [6.07, 6.45) is 11.3. The monoisotopic (exact) mass is 517 g/mol. The molecule has 2 atom stereocenters. The van der Waals surface area contributed by atoms with E-state index >= 15 is 0 Å². The Morgan fingerprint density at radius 3 is 2.14 bits per heavy atom. The van der Waals surface area contributed by atoms with Gasteiger partial charge in [-0.2, -0.15) is 0 Å². The SMILES string of the molecule is C=C/C=C(\C=C)[S+](c1ccccc1)c1cc(C)c(OCC(O)OC2(C)C3CC4CC(C3)CC2C4)c(C)c1. The van der Waals surface area contributed by atoms with E-state index < -0.39 is 6.29 Å². The van der Waals surface area contributed by atoms with Crippen molar-refractivity contribution in [2.45, 2.75) is 74.6 Å². The van der Waals surface area contributed by atoms with Crippen LogP contribution in [0, 0.1) is 37.5 Å². The molecule has 3 nitrogen and oxygen atoms in total. The van der Waals surface area contributed by atoms with Crippen molar-refractivity contribution in [3.05, 3.63) is 89.9 Å². The molecule has 4 bridgehead atoms. The highest BCUT2D eigenvalue weighted by molar-refractivity contribution is 8.00. The molecule has 0 aromatic heterocycles. The predicted octanol–water partition coefficient (Wildman–Crippen LogP) is 7.52. The standard InChI is InChI=1S/C33H41O3S/c1-6-11-28(7-2)37(29-12-9-8-10-13-29)30-14-22(3)32(23(4)15-30)35-21-31(34)36-33(5)26-17-24-16-25(19-26)20-27(33)18-24/h6-15,24-27,31,34H,1-2,16-21H2,3-5H3/q+1/b28-11+. The zero-order valence-corrected chi connectivity index (χ0v) is 23.3. The van der Waals surface area contributed by atoms with Crippen LogP contribution in [0.3, 0.4) is 0 Å². The topological polar surface area (TPSA) is 38.7 Å². The second-order valence-corrected chi connectivity index (χ2v) is 13.4. The van der Waals surface area contributed by atoms with Crippen molar-refractivity contribution in [3.63, 3.8) is 0 Å². The van der Waals surface area contributed by atoms with Crippen LogP contribution in [0.15, 0.2) is 88.5 Å². The Hall–Kier alpha value is -2.27. The molecule has 0 amide bonds. The molecule has 196 valence electrons. The number of benzene rings is 2. The molecule has 0 heterocycles. The minimum atomic E-state index is -0.928. The van der Waals surface area contributed by atoms with Gasteiger partial charge in [-0.3, -0.25) is 0 Å². The van der Waals surface area contributed by atoms with Gasteiger partial charge in [0.1, 0.15) is 12.4 Å². The summed E-state index contributed by atoms with van der Waals surface area (Å²) in [4.78, 5) is 3.57. The number of hydrogen-bond acceptors (Lipinski definition) is 3. The third-order valence-electron chi connectivity index (χ3n) is 8.89. The van der Waals surface area contributed by atoms with Gasteiger partial charge >= 0.3 is 0 Å². The fourth-order valence-electron chi connectivity index (χ4n) is 7.35. The summed E-state index contributed by atoms with van der Waals surface area (Å²) in [5, 5.41) is 10.9. The van der Waals surface area contributed by atoms with E-state index in [1.807, 2.05) is 24.3 Å². The van der Waals surface area contributed by atoms with Gasteiger partial charge in [0.2, 0.25) is 0 Å². The minimum Gasteiger partial charge on any atom is -0.488 e. The van der Waals surface area contributed by atoms with Crippen LogP contribution in [0.4, 0.5) is 0 Å². The maximum absolute atomic E-state index is 10.9. The highest BCUT2D eigenvalue weighted by Crippen LogP contribution is 2.59. The van der Waals surface area contributed by atoms with Crippen molar-refractivity contribution in [2.24, 2.45) is 23.7 Å². The third kappa shape index (κ3) is 5.21. The van der Waals surface area contributed by atoms with Gasteiger partial charge in [0.25, 0.3) is 0 Å². The van der Waals surface area contributed by atoms with Crippen molar-refractivity contribution >= 4 is 10.9 Å². The summed E-state index contributed by atoms with van der Waals surface area (Å²) >= 11 is 0. The molecule has 2 unspecified atom stereocenters. The largest absolute Gasteiger partial charge is 0.488 e. The number of aliphatic hydroxyl groups is 1.